The fourth-order valence-electron chi connectivity index (χ4n) is 2.80. The van der Waals surface area contributed by atoms with Gasteiger partial charge in [0.05, 0.1) is 0 Å². The van der Waals surface area contributed by atoms with Crippen LogP contribution in [0.4, 0.5) is 0 Å². The fraction of sp³-hybridized carbons (Fsp3) is 0.467. The van der Waals surface area contributed by atoms with Gasteiger partial charge in [0.2, 0.25) is 0 Å². The molecule has 2 heterocycles. The van der Waals surface area contributed by atoms with Crippen LogP contribution in [-0.4, -0.2) is 30.6 Å². The number of hydrogen-bond acceptors (Lipinski definition) is 3. The summed E-state index contributed by atoms with van der Waals surface area (Å²) in [5.74, 6) is 1.06. The lowest BCUT2D eigenvalue weighted by Crippen LogP contribution is -2.48. The number of halogens is 1. The van der Waals surface area contributed by atoms with Crippen LogP contribution in [0.25, 0.3) is 11.0 Å². The van der Waals surface area contributed by atoms with Gasteiger partial charge in [-0.2, -0.15) is 0 Å². The van der Waals surface area contributed by atoms with E-state index in [0.717, 1.165) is 37.5 Å². The Morgan fingerprint density at radius 1 is 1.37 bits per heavy atom. The maximum Gasteiger partial charge on any atom is 0.134 e. The molecule has 0 spiro atoms. The summed E-state index contributed by atoms with van der Waals surface area (Å²) in [6, 6.07) is 8.90. The molecule has 0 aliphatic carbocycles. The van der Waals surface area contributed by atoms with Gasteiger partial charge in [0.25, 0.3) is 0 Å². The average molecular weight is 281 g/mol. The Morgan fingerprint density at radius 3 is 2.95 bits per heavy atom. The highest BCUT2D eigenvalue weighted by atomic mass is 35.5. The van der Waals surface area contributed by atoms with Crippen molar-refractivity contribution in [3.63, 3.8) is 0 Å². The van der Waals surface area contributed by atoms with Crippen LogP contribution in [0.3, 0.4) is 0 Å². The van der Waals surface area contributed by atoms with E-state index in [1.807, 2.05) is 12.1 Å². The first-order chi connectivity index (χ1) is 8.74. The first kappa shape index (κ1) is 14.4. The molecule has 1 N–H and O–H groups in total. The predicted octanol–water partition coefficient (Wildman–Crippen LogP) is 2.96. The third-order valence-corrected chi connectivity index (χ3v) is 3.73. The number of aryl methyl sites for hydroxylation is 1. The Balaban J connectivity index is 0.00000133. The smallest absolute Gasteiger partial charge is 0.134 e. The first-order valence-electron chi connectivity index (χ1n) is 6.67. The molecular weight excluding hydrogens is 260 g/mol. The third kappa shape index (κ3) is 2.94. The van der Waals surface area contributed by atoms with Crippen molar-refractivity contribution in [3.8, 4) is 0 Å². The van der Waals surface area contributed by atoms with Crippen LogP contribution < -0.4 is 5.32 Å². The topological polar surface area (TPSA) is 28.4 Å². The van der Waals surface area contributed by atoms with Crippen LogP contribution in [0, 0.1) is 6.92 Å². The Morgan fingerprint density at radius 2 is 2.16 bits per heavy atom. The number of rotatable bonds is 2. The highest BCUT2D eigenvalue weighted by Crippen LogP contribution is 2.26. The number of para-hydroxylation sites is 1. The fourth-order valence-corrected chi connectivity index (χ4v) is 2.80. The Kier molecular flexibility index (Phi) is 4.50. The molecule has 1 saturated heterocycles. The summed E-state index contributed by atoms with van der Waals surface area (Å²) in [4.78, 5) is 2.51. The Bertz CT molecular complexity index is 552. The molecule has 19 heavy (non-hydrogen) atoms. The molecule has 0 saturated carbocycles. The summed E-state index contributed by atoms with van der Waals surface area (Å²) in [5, 5.41) is 4.74. The summed E-state index contributed by atoms with van der Waals surface area (Å²) in [6.07, 6.45) is 0. The number of hydrogen-bond donors (Lipinski definition) is 1. The zero-order chi connectivity index (χ0) is 12.5. The van der Waals surface area contributed by atoms with Gasteiger partial charge in [-0.15, -0.1) is 12.4 Å². The van der Waals surface area contributed by atoms with E-state index in [0.29, 0.717) is 6.04 Å². The van der Waals surface area contributed by atoms with Gasteiger partial charge >= 0.3 is 0 Å². The number of piperazine rings is 1. The molecule has 1 fully saturated rings. The maximum atomic E-state index is 5.83. The van der Waals surface area contributed by atoms with E-state index in [1.165, 1.54) is 10.9 Å². The third-order valence-electron chi connectivity index (χ3n) is 3.73. The average Bonchev–Trinajstić information content (AvgIpc) is 2.66. The van der Waals surface area contributed by atoms with Crippen molar-refractivity contribution < 1.29 is 4.42 Å². The van der Waals surface area contributed by atoms with Crippen LogP contribution in [0.15, 0.2) is 28.7 Å². The van der Waals surface area contributed by atoms with Crippen molar-refractivity contribution in [2.24, 2.45) is 0 Å². The van der Waals surface area contributed by atoms with Crippen molar-refractivity contribution in [2.75, 3.05) is 19.6 Å². The molecule has 1 aromatic heterocycles. The second-order valence-corrected chi connectivity index (χ2v) is 5.22. The molecule has 1 aliphatic heterocycles. The van der Waals surface area contributed by atoms with E-state index in [2.05, 4.69) is 36.2 Å². The van der Waals surface area contributed by atoms with Crippen LogP contribution >= 0.6 is 12.4 Å². The molecule has 2 aromatic rings. The largest absolute Gasteiger partial charge is 0.461 e. The molecule has 3 nitrogen and oxygen atoms in total. The minimum Gasteiger partial charge on any atom is -0.461 e. The van der Waals surface area contributed by atoms with Crippen LogP contribution in [0.2, 0.25) is 0 Å². The molecular formula is C15H21ClN2O. The standard InChI is InChI=1S/C15H20N2O.ClH/c1-11-9-17(8-7-16-11)10-14-12(2)18-15-6-4-3-5-13(14)15;/h3-6,11,16H,7-10H2,1-2H3;1H/t11-;/m1./s1. The molecule has 0 bridgehead atoms. The quantitative estimate of drug-likeness (QED) is 0.917. The Hall–Kier alpha value is -1.03. The second kappa shape index (κ2) is 5.95. The first-order valence-corrected chi connectivity index (χ1v) is 6.67. The summed E-state index contributed by atoms with van der Waals surface area (Å²) < 4.78 is 5.83. The highest BCUT2D eigenvalue weighted by Gasteiger charge is 2.19. The van der Waals surface area contributed by atoms with Gasteiger partial charge in [-0.25, -0.2) is 0 Å². The summed E-state index contributed by atoms with van der Waals surface area (Å²) >= 11 is 0. The molecule has 0 radical (unpaired) electrons. The van der Waals surface area contributed by atoms with E-state index in [4.69, 9.17) is 4.42 Å². The number of nitrogens with zero attached hydrogens (tertiary/aromatic N) is 1. The number of furan rings is 1. The van der Waals surface area contributed by atoms with Crippen molar-refractivity contribution in [2.45, 2.75) is 26.4 Å². The van der Waals surface area contributed by atoms with Gasteiger partial charge in [-0.05, 0) is 19.9 Å². The summed E-state index contributed by atoms with van der Waals surface area (Å²) in [5.41, 5.74) is 2.35. The van der Waals surface area contributed by atoms with Crippen molar-refractivity contribution >= 4 is 23.4 Å². The van der Waals surface area contributed by atoms with E-state index in [-0.39, 0.29) is 12.4 Å². The monoisotopic (exact) mass is 280 g/mol. The zero-order valence-electron chi connectivity index (χ0n) is 11.5. The lowest BCUT2D eigenvalue weighted by Gasteiger charge is -2.31. The van der Waals surface area contributed by atoms with Gasteiger partial charge in [0.1, 0.15) is 11.3 Å². The van der Waals surface area contributed by atoms with Gasteiger partial charge < -0.3 is 9.73 Å². The molecule has 1 atom stereocenters. The minimum absolute atomic E-state index is 0. The van der Waals surface area contributed by atoms with Gasteiger partial charge in [-0.3, -0.25) is 4.90 Å². The second-order valence-electron chi connectivity index (χ2n) is 5.22. The molecule has 0 unspecified atom stereocenters. The van der Waals surface area contributed by atoms with Crippen molar-refractivity contribution in [1.29, 1.82) is 0 Å². The molecule has 1 aliphatic rings. The lowest BCUT2D eigenvalue weighted by molar-refractivity contribution is 0.199. The van der Waals surface area contributed by atoms with Crippen molar-refractivity contribution in [3.05, 3.63) is 35.6 Å². The molecule has 4 heteroatoms. The highest BCUT2D eigenvalue weighted by molar-refractivity contribution is 5.85. The van der Waals surface area contributed by atoms with Crippen molar-refractivity contribution in [1.82, 2.24) is 10.2 Å². The van der Waals surface area contributed by atoms with Crippen LogP contribution in [-0.2, 0) is 6.54 Å². The number of nitrogens with one attached hydrogen (secondary N) is 1. The van der Waals surface area contributed by atoms with E-state index >= 15 is 0 Å². The van der Waals surface area contributed by atoms with Crippen LogP contribution in [0.5, 0.6) is 0 Å². The molecule has 0 amide bonds. The van der Waals surface area contributed by atoms with E-state index in [1.54, 1.807) is 0 Å². The predicted molar refractivity (Wildman–Crippen MR) is 80.9 cm³/mol. The van der Waals surface area contributed by atoms with Crippen LogP contribution in [0.1, 0.15) is 18.2 Å². The molecule has 3 rings (SSSR count). The maximum absolute atomic E-state index is 5.83. The van der Waals surface area contributed by atoms with Gasteiger partial charge in [0.15, 0.2) is 0 Å². The Labute approximate surface area is 120 Å². The lowest BCUT2D eigenvalue weighted by atomic mass is 10.1. The van der Waals surface area contributed by atoms with E-state index < -0.39 is 0 Å². The normalized spacial score (nSPS) is 20.4. The summed E-state index contributed by atoms with van der Waals surface area (Å²) in [7, 11) is 0. The summed E-state index contributed by atoms with van der Waals surface area (Å²) in [6.45, 7) is 8.61. The number of fused-ring (bicyclic) bond motifs is 1. The van der Waals surface area contributed by atoms with E-state index in [9.17, 15) is 0 Å². The van der Waals surface area contributed by atoms with Gasteiger partial charge in [0, 0.05) is 43.2 Å². The molecule has 1 aromatic carbocycles. The molecule has 104 valence electrons. The number of benzene rings is 1. The SMILES string of the molecule is Cc1oc2ccccc2c1CN1CCN[C@H](C)C1.Cl. The zero-order valence-corrected chi connectivity index (χ0v) is 12.3. The minimum atomic E-state index is 0. The van der Waals surface area contributed by atoms with Gasteiger partial charge in [-0.1, -0.05) is 18.2 Å².